The molecular formula is C12H13ClN4OS. The Balaban J connectivity index is 1.93. The van der Waals surface area contributed by atoms with Crippen LogP contribution in [0.4, 0.5) is 5.69 Å². The first-order chi connectivity index (χ1) is 9.06. The summed E-state index contributed by atoms with van der Waals surface area (Å²) < 4.78 is 0.264. The predicted molar refractivity (Wildman–Crippen MR) is 76.9 cm³/mol. The number of nitrogens with one attached hydrogen (secondary N) is 1. The molecular weight excluding hydrogens is 284 g/mol. The molecule has 19 heavy (non-hydrogen) atoms. The second kappa shape index (κ2) is 5.99. The number of halogens is 1. The van der Waals surface area contributed by atoms with Gasteiger partial charge in [0.05, 0.1) is 0 Å². The molecule has 0 aliphatic heterocycles. The first-order valence-electron chi connectivity index (χ1n) is 5.60. The smallest absolute Gasteiger partial charge is 0.282 e. The number of amides is 1. The highest BCUT2D eigenvalue weighted by molar-refractivity contribution is 7.17. The lowest BCUT2D eigenvalue weighted by Gasteiger charge is -2.12. The van der Waals surface area contributed by atoms with E-state index in [1.54, 1.807) is 0 Å². The number of hydrogen-bond acceptors (Lipinski definition) is 5. The first kappa shape index (κ1) is 13.8. The summed E-state index contributed by atoms with van der Waals surface area (Å²) >= 11 is 6.69. The van der Waals surface area contributed by atoms with Gasteiger partial charge < -0.3 is 10.2 Å². The molecule has 7 heteroatoms. The Morgan fingerprint density at radius 3 is 2.53 bits per heavy atom. The Bertz CT molecular complexity index is 567. The van der Waals surface area contributed by atoms with Crippen molar-refractivity contribution in [3.63, 3.8) is 0 Å². The quantitative estimate of drug-likeness (QED) is 0.939. The van der Waals surface area contributed by atoms with E-state index >= 15 is 0 Å². The Labute approximate surface area is 120 Å². The minimum atomic E-state index is -0.263. The minimum absolute atomic E-state index is 0.263. The third-order valence-electron chi connectivity index (χ3n) is 2.50. The van der Waals surface area contributed by atoms with Crippen LogP contribution in [0, 0.1) is 0 Å². The number of rotatable bonds is 4. The van der Waals surface area contributed by atoms with E-state index < -0.39 is 0 Å². The van der Waals surface area contributed by atoms with Crippen molar-refractivity contribution < 1.29 is 4.79 Å². The molecule has 0 atom stereocenters. The van der Waals surface area contributed by atoms with Crippen LogP contribution in [0.2, 0.25) is 4.47 Å². The highest BCUT2D eigenvalue weighted by Crippen LogP contribution is 2.15. The van der Waals surface area contributed by atoms with Gasteiger partial charge in [0.2, 0.25) is 9.47 Å². The number of benzene rings is 1. The Morgan fingerprint density at radius 1 is 1.32 bits per heavy atom. The van der Waals surface area contributed by atoms with Crippen LogP contribution in [-0.4, -0.2) is 30.2 Å². The molecule has 0 spiro atoms. The maximum atomic E-state index is 11.7. The van der Waals surface area contributed by atoms with Gasteiger partial charge in [-0.15, -0.1) is 10.2 Å². The molecule has 0 saturated heterocycles. The standard InChI is InChI=1S/C12H13ClN4OS/c1-17(2)9-5-3-8(4-6-9)7-14-10(18)11-15-16-12(13)19-11/h3-6H,7H2,1-2H3,(H,14,18). The Kier molecular flexibility index (Phi) is 4.34. The van der Waals surface area contributed by atoms with Crippen molar-refractivity contribution >= 4 is 34.5 Å². The van der Waals surface area contributed by atoms with Gasteiger partial charge in [-0.25, -0.2) is 0 Å². The molecule has 1 aromatic heterocycles. The van der Waals surface area contributed by atoms with Crippen LogP contribution < -0.4 is 10.2 Å². The summed E-state index contributed by atoms with van der Waals surface area (Å²) in [6, 6.07) is 7.96. The summed E-state index contributed by atoms with van der Waals surface area (Å²) in [5.74, 6) is -0.263. The van der Waals surface area contributed by atoms with Crippen LogP contribution in [0.3, 0.4) is 0 Å². The fourth-order valence-electron chi connectivity index (χ4n) is 1.47. The van der Waals surface area contributed by atoms with Gasteiger partial charge in [-0.2, -0.15) is 0 Å². The van der Waals surface area contributed by atoms with E-state index in [1.165, 1.54) is 0 Å². The van der Waals surface area contributed by atoms with E-state index in [-0.39, 0.29) is 15.4 Å². The third kappa shape index (κ3) is 3.65. The maximum Gasteiger partial charge on any atom is 0.282 e. The van der Waals surface area contributed by atoms with Gasteiger partial charge in [0, 0.05) is 26.3 Å². The third-order valence-corrected chi connectivity index (χ3v) is 3.52. The van der Waals surface area contributed by atoms with Crippen LogP contribution >= 0.6 is 22.9 Å². The normalized spacial score (nSPS) is 10.3. The second-order valence-corrected chi connectivity index (χ2v) is 5.66. The van der Waals surface area contributed by atoms with Gasteiger partial charge in [0.1, 0.15) is 0 Å². The van der Waals surface area contributed by atoms with Gasteiger partial charge in [-0.1, -0.05) is 23.5 Å². The van der Waals surface area contributed by atoms with E-state index in [1.807, 2.05) is 43.3 Å². The van der Waals surface area contributed by atoms with E-state index in [4.69, 9.17) is 11.6 Å². The average Bonchev–Trinajstić information content (AvgIpc) is 2.83. The topological polar surface area (TPSA) is 58.1 Å². The lowest BCUT2D eigenvalue weighted by molar-refractivity contribution is 0.0950. The number of anilines is 1. The van der Waals surface area contributed by atoms with Crippen LogP contribution in [0.5, 0.6) is 0 Å². The summed E-state index contributed by atoms with van der Waals surface area (Å²) in [7, 11) is 3.96. The largest absolute Gasteiger partial charge is 0.378 e. The zero-order valence-corrected chi connectivity index (χ0v) is 12.1. The van der Waals surface area contributed by atoms with Crippen LogP contribution in [-0.2, 0) is 6.54 Å². The average molecular weight is 297 g/mol. The highest BCUT2D eigenvalue weighted by Gasteiger charge is 2.11. The van der Waals surface area contributed by atoms with Crippen molar-refractivity contribution in [2.45, 2.75) is 6.54 Å². The van der Waals surface area contributed by atoms with Gasteiger partial charge >= 0.3 is 0 Å². The Hall–Kier alpha value is -1.66. The van der Waals surface area contributed by atoms with Crippen molar-refractivity contribution in [2.75, 3.05) is 19.0 Å². The fourth-order valence-corrected chi connectivity index (χ4v) is 2.21. The zero-order chi connectivity index (χ0) is 13.8. The molecule has 1 amide bonds. The SMILES string of the molecule is CN(C)c1ccc(CNC(=O)c2nnc(Cl)s2)cc1. The number of nitrogens with zero attached hydrogens (tertiary/aromatic N) is 3. The zero-order valence-electron chi connectivity index (χ0n) is 10.6. The highest BCUT2D eigenvalue weighted by atomic mass is 35.5. The molecule has 100 valence electrons. The Morgan fingerprint density at radius 2 is 2.00 bits per heavy atom. The molecule has 2 rings (SSSR count). The molecule has 1 heterocycles. The molecule has 2 aromatic rings. The molecule has 5 nitrogen and oxygen atoms in total. The predicted octanol–water partition coefficient (Wildman–Crippen LogP) is 2.19. The molecule has 0 unspecified atom stereocenters. The fraction of sp³-hybridized carbons (Fsp3) is 0.250. The molecule has 0 bridgehead atoms. The molecule has 0 aliphatic carbocycles. The molecule has 1 aromatic carbocycles. The van der Waals surface area contributed by atoms with Crippen molar-refractivity contribution in [3.05, 3.63) is 39.3 Å². The molecule has 1 N–H and O–H groups in total. The van der Waals surface area contributed by atoms with E-state index in [2.05, 4.69) is 15.5 Å². The summed E-state index contributed by atoms with van der Waals surface area (Å²) in [6.07, 6.45) is 0. The number of carbonyl (C=O) groups is 1. The minimum Gasteiger partial charge on any atom is -0.378 e. The van der Waals surface area contributed by atoms with Gasteiger partial charge in [0.25, 0.3) is 5.91 Å². The van der Waals surface area contributed by atoms with Crippen LogP contribution in [0.15, 0.2) is 24.3 Å². The number of aromatic nitrogens is 2. The first-order valence-corrected chi connectivity index (χ1v) is 6.79. The van der Waals surface area contributed by atoms with Gasteiger partial charge in [-0.3, -0.25) is 4.79 Å². The lowest BCUT2D eigenvalue weighted by atomic mass is 10.2. The molecule has 0 radical (unpaired) electrons. The van der Waals surface area contributed by atoms with Gasteiger partial charge in [-0.05, 0) is 29.3 Å². The maximum absolute atomic E-state index is 11.7. The van der Waals surface area contributed by atoms with Crippen LogP contribution in [0.1, 0.15) is 15.4 Å². The number of hydrogen-bond donors (Lipinski definition) is 1. The summed E-state index contributed by atoms with van der Waals surface area (Å²) in [4.78, 5) is 13.8. The van der Waals surface area contributed by atoms with Crippen molar-refractivity contribution in [1.82, 2.24) is 15.5 Å². The molecule has 0 fully saturated rings. The van der Waals surface area contributed by atoms with Crippen molar-refractivity contribution in [1.29, 1.82) is 0 Å². The van der Waals surface area contributed by atoms with Crippen molar-refractivity contribution in [2.24, 2.45) is 0 Å². The summed E-state index contributed by atoms with van der Waals surface area (Å²) in [5.41, 5.74) is 2.14. The van der Waals surface area contributed by atoms with E-state index in [0.717, 1.165) is 22.6 Å². The van der Waals surface area contributed by atoms with E-state index in [0.29, 0.717) is 6.54 Å². The van der Waals surface area contributed by atoms with Gasteiger partial charge in [0.15, 0.2) is 0 Å². The van der Waals surface area contributed by atoms with E-state index in [9.17, 15) is 4.79 Å². The molecule has 0 saturated carbocycles. The summed E-state index contributed by atoms with van der Waals surface area (Å²) in [5, 5.41) is 10.3. The second-order valence-electron chi connectivity index (χ2n) is 4.10. The lowest BCUT2D eigenvalue weighted by Crippen LogP contribution is -2.22. The summed E-state index contributed by atoms with van der Waals surface area (Å²) in [6.45, 7) is 0.448. The van der Waals surface area contributed by atoms with Crippen LogP contribution in [0.25, 0.3) is 0 Å². The van der Waals surface area contributed by atoms with Crippen molar-refractivity contribution in [3.8, 4) is 0 Å². The number of carbonyl (C=O) groups excluding carboxylic acids is 1. The monoisotopic (exact) mass is 296 g/mol. The molecule has 0 aliphatic rings.